The molecule has 3 rings (SSSR count). The lowest BCUT2D eigenvalue weighted by Crippen LogP contribution is -2.37. The molecule has 2 N–H and O–H groups in total. The maximum Gasteiger partial charge on any atom is 0.255 e. The minimum atomic E-state index is -0.203. The quantitative estimate of drug-likeness (QED) is 0.659. The molecule has 160 valence electrons. The summed E-state index contributed by atoms with van der Waals surface area (Å²) >= 11 is 0. The molecule has 2 amide bonds. The summed E-state index contributed by atoms with van der Waals surface area (Å²) in [6, 6.07) is 14.6. The summed E-state index contributed by atoms with van der Waals surface area (Å²) in [5.74, 6) is 0.501. The van der Waals surface area contributed by atoms with Gasteiger partial charge in [-0.25, -0.2) is 0 Å². The van der Waals surface area contributed by atoms with Gasteiger partial charge in [0, 0.05) is 23.0 Å². The molecule has 0 heterocycles. The van der Waals surface area contributed by atoms with Crippen molar-refractivity contribution in [2.24, 2.45) is 0 Å². The number of carbonyl (C=O) groups excluding carboxylic acids is 2. The highest BCUT2D eigenvalue weighted by Gasteiger charge is 2.19. The molecule has 1 aliphatic rings. The van der Waals surface area contributed by atoms with Crippen molar-refractivity contribution in [2.75, 3.05) is 31.3 Å². The van der Waals surface area contributed by atoms with Gasteiger partial charge >= 0.3 is 0 Å². The van der Waals surface area contributed by atoms with Gasteiger partial charge < -0.3 is 15.4 Å². The van der Waals surface area contributed by atoms with Crippen molar-refractivity contribution < 1.29 is 14.3 Å². The van der Waals surface area contributed by atoms with E-state index < -0.39 is 0 Å². The lowest BCUT2D eigenvalue weighted by atomic mass is 10.1. The van der Waals surface area contributed by atoms with Crippen molar-refractivity contribution in [2.45, 2.75) is 44.6 Å². The van der Waals surface area contributed by atoms with Gasteiger partial charge in [-0.3, -0.25) is 14.5 Å². The molecular formula is C24H31N3O3. The number of anilines is 2. The normalized spacial score (nSPS) is 14.8. The number of amides is 2. The van der Waals surface area contributed by atoms with Gasteiger partial charge in [-0.05, 0) is 68.4 Å². The SMILES string of the molecule is COc1ccc(NC(=O)c2ccc(NC(=O)CN(C)C3CCCCCC3)cc2)cc1. The monoisotopic (exact) mass is 409 g/mol. The van der Waals surface area contributed by atoms with Crippen LogP contribution in [-0.2, 0) is 4.79 Å². The van der Waals surface area contributed by atoms with Gasteiger partial charge in [-0.2, -0.15) is 0 Å². The predicted octanol–water partition coefficient (Wildman–Crippen LogP) is 4.54. The molecule has 0 unspecified atom stereocenters. The molecule has 0 atom stereocenters. The molecule has 0 aliphatic heterocycles. The Labute approximate surface area is 178 Å². The standard InChI is InChI=1S/C24H31N3O3/c1-27(21-7-5-3-4-6-8-21)17-23(28)25-19-11-9-18(10-12-19)24(29)26-20-13-15-22(30-2)16-14-20/h9-16,21H,3-8,17H2,1-2H3,(H,25,28)(H,26,29). The molecule has 0 radical (unpaired) electrons. The van der Waals surface area contributed by atoms with Gasteiger partial charge in [0.25, 0.3) is 5.91 Å². The summed E-state index contributed by atoms with van der Waals surface area (Å²) in [7, 11) is 3.63. The van der Waals surface area contributed by atoms with E-state index in [9.17, 15) is 9.59 Å². The summed E-state index contributed by atoms with van der Waals surface area (Å²) in [6.45, 7) is 0.379. The van der Waals surface area contributed by atoms with E-state index in [0.29, 0.717) is 29.5 Å². The van der Waals surface area contributed by atoms with E-state index in [1.165, 1.54) is 38.5 Å². The van der Waals surface area contributed by atoms with Crippen LogP contribution in [0.2, 0.25) is 0 Å². The molecule has 6 nitrogen and oxygen atoms in total. The number of rotatable bonds is 7. The maximum absolute atomic E-state index is 12.4. The fourth-order valence-electron chi connectivity index (χ4n) is 3.84. The third kappa shape index (κ3) is 6.32. The molecule has 2 aromatic carbocycles. The van der Waals surface area contributed by atoms with Crippen molar-refractivity contribution in [3.8, 4) is 5.75 Å². The Kier molecular flexibility index (Phi) is 7.85. The zero-order valence-corrected chi connectivity index (χ0v) is 17.8. The number of methoxy groups -OCH3 is 1. The maximum atomic E-state index is 12.4. The summed E-state index contributed by atoms with van der Waals surface area (Å²) < 4.78 is 5.12. The predicted molar refractivity (Wildman–Crippen MR) is 120 cm³/mol. The summed E-state index contributed by atoms with van der Waals surface area (Å²) in [5, 5.41) is 5.78. The number of hydrogen-bond acceptors (Lipinski definition) is 4. The number of carbonyl (C=O) groups is 2. The molecule has 1 fully saturated rings. The van der Waals surface area contributed by atoms with Crippen molar-refractivity contribution in [1.29, 1.82) is 0 Å². The van der Waals surface area contributed by atoms with Crippen LogP contribution in [0.25, 0.3) is 0 Å². The van der Waals surface area contributed by atoms with E-state index in [0.717, 1.165) is 5.75 Å². The Balaban J connectivity index is 1.50. The van der Waals surface area contributed by atoms with Crippen LogP contribution in [0, 0.1) is 0 Å². The van der Waals surface area contributed by atoms with Crippen LogP contribution in [0.5, 0.6) is 5.75 Å². The smallest absolute Gasteiger partial charge is 0.255 e. The van der Waals surface area contributed by atoms with Crippen LogP contribution >= 0.6 is 0 Å². The zero-order valence-electron chi connectivity index (χ0n) is 17.8. The number of hydrogen-bond donors (Lipinski definition) is 2. The first kappa shape index (κ1) is 21.8. The van der Waals surface area contributed by atoms with Crippen LogP contribution in [0.15, 0.2) is 48.5 Å². The lowest BCUT2D eigenvalue weighted by molar-refractivity contribution is -0.117. The van der Waals surface area contributed by atoms with E-state index in [1.807, 2.05) is 7.05 Å². The van der Waals surface area contributed by atoms with Crippen LogP contribution < -0.4 is 15.4 Å². The second kappa shape index (κ2) is 10.8. The van der Waals surface area contributed by atoms with Gasteiger partial charge in [0.1, 0.15) is 5.75 Å². The molecule has 30 heavy (non-hydrogen) atoms. The van der Waals surface area contributed by atoms with Gasteiger partial charge in [0.2, 0.25) is 5.91 Å². The van der Waals surface area contributed by atoms with Crippen LogP contribution in [-0.4, -0.2) is 43.5 Å². The van der Waals surface area contributed by atoms with Gasteiger partial charge in [-0.15, -0.1) is 0 Å². The van der Waals surface area contributed by atoms with Crippen molar-refractivity contribution in [3.63, 3.8) is 0 Å². The largest absolute Gasteiger partial charge is 0.497 e. The Morgan fingerprint density at radius 1 is 0.900 bits per heavy atom. The third-order valence-electron chi connectivity index (χ3n) is 5.62. The second-order valence-electron chi connectivity index (χ2n) is 7.87. The van der Waals surface area contributed by atoms with E-state index in [-0.39, 0.29) is 11.8 Å². The van der Waals surface area contributed by atoms with Crippen molar-refractivity contribution >= 4 is 23.2 Å². The van der Waals surface area contributed by atoms with E-state index in [2.05, 4.69) is 15.5 Å². The Hall–Kier alpha value is -2.86. The number of nitrogens with zero attached hydrogens (tertiary/aromatic N) is 1. The third-order valence-corrected chi connectivity index (χ3v) is 5.62. The van der Waals surface area contributed by atoms with E-state index in [1.54, 1.807) is 55.6 Å². The Morgan fingerprint density at radius 2 is 1.47 bits per heavy atom. The topological polar surface area (TPSA) is 70.7 Å². The molecular weight excluding hydrogens is 378 g/mol. The molecule has 1 saturated carbocycles. The minimum Gasteiger partial charge on any atom is -0.497 e. The number of benzene rings is 2. The lowest BCUT2D eigenvalue weighted by Gasteiger charge is -2.26. The van der Waals surface area contributed by atoms with Gasteiger partial charge in [-0.1, -0.05) is 25.7 Å². The number of ether oxygens (including phenoxy) is 1. The second-order valence-corrected chi connectivity index (χ2v) is 7.87. The van der Waals surface area contributed by atoms with Gasteiger partial charge in [0.05, 0.1) is 13.7 Å². The zero-order chi connectivity index (χ0) is 21.3. The fourth-order valence-corrected chi connectivity index (χ4v) is 3.84. The number of nitrogens with one attached hydrogen (secondary N) is 2. The fraction of sp³-hybridized carbons (Fsp3) is 0.417. The van der Waals surface area contributed by atoms with Crippen LogP contribution in [0.1, 0.15) is 48.9 Å². The van der Waals surface area contributed by atoms with Crippen molar-refractivity contribution in [3.05, 3.63) is 54.1 Å². The molecule has 6 heteroatoms. The van der Waals surface area contributed by atoms with Crippen molar-refractivity contribution in [1.82, 2.24) is 4.90 Å². The Bertz CT molecular complexity index is 826. The van der Waals surface area contributed by atoms with E-state index >= 15 is 0 Å². The minimum absolute atomic E-state index is 0.0304. The average molecular weight is 410 g/mol. The summed E-state index contributed by atoms with van der Waals surface area (Å²) in [4.78, 5) is 27.0. The average Bonchev–Trinajstić information content (AvgIpc) is 3.04. The molecule has 0 spiro atoms. The molecule has 2 aromatic rings. The molecule has 0 aromatic heterocycles. The van der Waals surface area contributed by atoms with E-state index in [4.69, 9.17) is 4.74 Å². The molecule has 0 bridgehead atoms. The molecule has 0 saturated heterocycles. The van der Waals surface area contributed by atoms with Gasteiger partial charge in [0.15, 0.2) is 0 Å². The highest BCUT2D eigenvalue weighted by atomic mass is 16.5. The van der Waals surface area contributed by atoms with Crippen LogP contribution in [0.4, 0.5) is 11.4 Å². The summed E-state index contributed by atoms with van der Waals surface area (Å²) in [5.41, 5.74) is 1.91. The molecule has 1 aliphatic carbocycles. The first-order chi connectivity index (χ1) is 14.5. The first-order valence-corrected chi connectivity index (χ1v) is 10.6. The number of likely N-dealkylation sites (N-methyl/N-ethyl adjacent to an activating group) is 1. The summed E-state index contributed by atoms with van der Waals surface area (Å²) in [6.07, 6.45) is 7.43. The highest BCUT2D eigenvalue weighted by Crippen LogP contribution is 2.21. The van der Waals surface area contributed by atoms with Crippen LogP contribution in [0.3, 0.4) is 0 Å². The highest BCUT2D eigenvalue weighted by molar-refractivity contribution is 6.04. The Morgan fingerprint density at radius 3 is 2.07 bits per heavy atom. The first-order valence-electron chi connectivity index (χ1n) is 10.6.